The number of rotatable bonds is 1. The van der Waals surface area contributed by atoms with Gasteiger partial charge in [0.05, 0.1) is 17.6 Å². The molecule has 7 heteroatoms. The maximum Gasteiger partial charge on any atom is 0.259 e. The molecular weight excluding hydrogens is 382 g/mol. The number of aromatic nitrogens is 1. The summed E-state index contributed by atoms with van der Waals surface area (Å²) in [6.45, 7) is 1.86. The molecule has 0 radical (unpaired) electrons. The van der Waals surface area contributed by atoms with E-state index in [2.05, 4.69) is 22.1 Å². The van der Waals surface area contributed by atoms with E-state index in [0.29, 0.717) is 17.1 Å². The molecule has 0 spiro atoms. The number of imide groups is 1. The van der Waals surface area contributed by atoms with Gasteiger partial charge in [-0.25, -0.2) is 0 Å². The molecule has 0 saturated heterocycles. The zero-order valence-electron chi connectivity index (χ0n) is 16.6. The maximum atomic E-state index is 13.4. The number of carbonyl (C=O) groups excluding carboxylic acids is 2. The summed E-state index contributed by atoms with van der Waals surface area (Å²) >= 11 is 0. The van der Waals surface area contributed by atoms with E-state index in [0.717, 1.165) is 33.4 Å². The quantitative estimate of drug-likeness (QED) is 0.678. The number of benzene rings is 2. The topological polar surface area (TPSA) is 72.8 Å². The Hall–Kier alpha value is -3.74. The van der Waals surface area contributed by atoms with Crippen molar-refractivity contribution in [3.8, 4) is 11.5 Å². The Labute approximate surface area is 172 Å². The molecular formula is C23H19N3O4. The van der Waals surface area contributed by atoms with Crippen molar-refractivity contribution in [1.82, 2.24) is 9.47 Å². The Balaban J connectivity index is 1.63. The number of ether oxygens (including phenoxy) is 2. The van der Waals surface area contributed by atoms with Crippen LogP contribution in [-0.4, -0.2) is 34.6 Å². The summed E-state index contributed by atoms with van der Waals surface area (Å²) in [6.07, 6.45) is 2.07. The molecule has 0 bridgehead atoms. The van der Waals surface area contributed by atoms with Crippen LogP contribution in [0.5, 0.6) is 11.5 Å². The van der Waals surface area contributed by atoms with Crippen molar-refractivity contribution in [1.29, 1.82) is 0 Å². The molecule has 0 saturated carbocycles. The first-order chi connectivity index (χ1) is 14.5. The van der Waals surface area contributed by atoms with Gasteiger partial charge in [0, 0.05) is 42.9 Å². The minimum Gasteiger partial charge on any atom is -0.454 e. The van der Waals surface area contributed by atoms with Crippen LogP contribution in [-0.2, 0) is 16.6 Å². The molecule has 2 aromatic carbocycles. The van der Waals surface area contributed by atoms with Gasteiger partial charge in [-0.1, -0.05) is 12.1 Å². The molecule has 0 aliphatic carbocycles. The summed E-state index contributed by atoms with van der Waals surface area (Å²) in [5, 5.41) is 4.54. The lowest BCUT2D eigenvalue weighted by atomic mass is 9.84. The van der Waals surface area contributed by atoms with E-state index in [1.54, 1.807) is 0 Å². The van der Waals surface area contributed by atoms with Gasteiger partial charge in [0.25, 0.3) is 5.91 Å². The van der Waals surface area contributed by atoms with E-state index in [4.69, 9.17) is 9.47 Å². The van der Waals surface area contributed by atoms with Crippen molar-refractivity contribution in [2.24, 2.45) is 7.05 Å². The third kappa shape index (κ3) is 2.20. The van der Waals surface area contributed by atoms with Gasteiger partial charge in [-0.3, -0.25) is 14.5 Å². The largest absolute Gasteiger partial charge is 0.454 e. The predicted molar refractivity (Wildman–Crippen MR) is 110 cm³/mol. The third-order valence-electron chi connectivity index (χ3n) is 6.16. The highest BCUT2D eigenvalue weighted by molar-refractivity contribution is 6.11. The standard InChI is InChI=1S/C23H19N3O4/c1-12(27)26-10-16-22(23(26)28)20(13-6-7-18-19(8-13)30-11-29-18)14-9-25(2)17-5-3-4-15(24-16)21(14)17/h3-9,20,24H,10-11H2,1-2H3/t20-/m0/s1. The molecule has 3 aliphatic rings. The predicted octanol–water partition coefficient (Wildman–Crippen LogP) is 3.11. The molecule has 0 unspecified atom stereocenters. The van der Waals surface area contributed by atoms with Gasteiger partial charge in [0.15, 0.2) is 11.5 Å². The number of amides is 2. The van der Waals surface area contributed by atoms with Gasteiger partial charge in [-0.15, -0.1) is 0 Å². The van der Waals surface area contributed by atoms with Crippen LogP contribution in [0.4, 0.5) is 5.69 Å². The lowest BCUT2D eigenvalue weighted by Gasteiger charge is -2.19. The van der Waals surface area contributed by atoms with Crippen LogP contribution in [0.25, 0.3) is 10.9 Å². The van der Waals surface area contributed by atoms with E-state index >= 15 is 0 Å². The van der Waals surface area contributed by atoms with Gasteiger partial charge in [-0.05, 0) is 35.4 Å². The number of nitrogens with zero attached hydrogens (tertiary/aromatic N) is 2. The molecule has 30 heavy (non-hydrogen) atoms. The second kappa shape index (κ2) is 5.89. The highest BCUT2D eigenvalue weighted by atomic mass is 16.7. The van der Waals surface area contributed by atoms with Crippen molar-refractivity contribution < 1.29 is 19.1 Å². The summed E-state index contributed by atoms with van der Waals surface area (Å²) in [6, 6.07) is 11.9. The van der Waals surface area contributed by atoms with Crippen molar-refractivity contribution in [3.05, 3.63) is 65.0 Å². The van der Waals surface area contributed by atoms with Crippen LogP contribution in [0.1, 0.15) is 24.0 Å². The monoisotopic (exact) mass is 401 g/mol. The second-order valence-electron chi connectivity index (χ2n) is 7.87. The highest BCUT2D eigenvalue weighted by Crippen LogP contribution is 2.47. The first-order valence-electron chi connectivity index (χ1n) is 9.83. The van der Waals surface area contributed by atoms with Crippen LogP contribution in [0.15, 0.2) is 53.9 Å². The summed E-state index contributed by atoms with van der Waals surface area (Å²) < 4.78 is 13.1. The van der Waals surface area contributed by atoms with Gasteiger partial charge < -0.3 is 19.4 Å². The summed E-state index contributed by atoms with van der Waals surface area (Å²) in [5.74, 6) is 0.525. The second-order valence-corrected chi connectivity index (χ2v) is 7.87. The van der Waals surface area contributed by atoms with Crippen molar-refractivity contribution in [2.45, 2.75) is 12.8 Å². The zero-order chi connectivity index (χ0) is 20.6. The van der Waals surface area contributed by atoms with Crippen molar-refractivity contribution >= 4 is 28.4 Å². The number of carbonyl (C=O) groups is 2. The molecule has 0 fully saturated rings. The molecule has 1 aromatic heterocycles. The minimum atomic E-state index is -0.328. The molecule has 3 aliphatic heterocycles. The number of anilines is 1. The van der Waals surface area contributed by atoms with Crippen LogP contribution < -0.4 is 14.8 Å². The van der Waals surface area contributed by atoms with Crippen molar-refractivity contribution in [3.63, 3.8) is 0 Å². The maximum absolute atomic E-state index is 13.4. The van der Waals surface area contributed by atoms with Crippen LogP contribution >= 0.6 is 0 Å². The molecule has 2 amide bonds. The number of hydrogen-bond donors (Lipinski definition) is 1. The number of aryl methyl sites for hydroxylation is 1. The molecule has 1 N–H and O–H groups in total. The van der Waals surface area contributed by atoms with E-state index in [9.17, 15) is 9.59 Å². The lowest BCUT2D eigenvalue weighted by Crippen LogP contribution is -2.33. The fourth-order valence-corrected chi connectivity index (χ4v) is 4.81. The van der Waals surface area contributed by atoms with Crippen LogP contribution in [0.3, 0.4) is 0 Å². The molecule has 4 heterocycles. The summed E-state index contributed by atoms with van der Waals surface area (Å²) in [5.41, 5.74) is 5.35. The van der Waals surface area contributed by atoms with Crippen LogP contribution in [0, 0.1) is 0 Å². The van der Waals surface area contributed by atoms with Gasteiger partial charge in [-0.2, -0.15) is 0 Å². The Bertz CT molecular complexity index is 1300. The molecule has 7 nitrogen and oxygen atoms in total. The van der Waals surface area contributed by atoms with E-state index in [1.807, 2.05) is 37.4 Å². The highest BCUT2D eigenvalue weighted by Gasteiger charge is 2.41. The lowest BCUT2D eigenvalue weighted by molar-refractivity contribution is -0.139. The molecule has 3 aromatic rings. The first kappa shape index (κ1) is 17.1. The van der Waals surface area contributed by atoms with Gasteiger partial charge >= 0.3 is 0 Å². The van der Waals surface area contributed by atoms with Gasteiger partial charge in [0.1, 0.15) is 0 Å². The van der Waals surface area contributed by atoms with Gasteiger partial charge in [0.2, 0.25) is 12.7 Å². The van der Waals surface area contributed by atoms with E-state index < -0.39 is 0 Å². The average molecular weight is 401 g/mol. The fraction of sp³-hybridized carbons (Fsp3) is 0.217. The molecule has 1 atom stereocenters. The summed E-state index contributed by atoms with van der Waals surface area (Å²) in [4.78, 5) is 26.8. The van der Waals surface area contributed by atoms with Crippen LogP contribution in [0.2, 0.25) is 0 Å². The van der Waals surface area contributed by atoms with E-state index in [-0.39, 0.29) is 31.1 Å². The summed E-state index contributed by atoms with van der Waals surface area (Å²) in [7, 11) is 2.00. The average Bonchev–Trinajstić information content (AvgIpc) is 3.38. The number of fused-ring (bicyclic) bond motifs is 1. The number of nitrogens with one attached hydrogen (secondary N) is 1. The third-order valence-corrected chi connectivity index (χ3v) is 6.16. The normalized spacial score (nSPS) is 19.2. The van der Waals surface area contributed by atoms with E-state index in [1.165, 1.54) is 11.8 Å². The minimum absolute atomic E-state index is 0.189. The Kier molecular flexibility index (Phi) is 3.36. The Morgan fingerprint density at radius 1 is 1.17 bits per heavy atom. The first-order valence-corrected chi connectivity index (χ1v) is 9.83. The molecule has 6 rings (SSSR count). The fourth-order valence-electron chi connectivity index (χ4n) is 4.81. The smallest absolute Gasteiger partial charge is 0.259 e. The Morgan fingerprint density at radius 3 is 2.83 bits per heavy atom. The molecule has 150 valence electrons. The Morgan fingerprint density at radius 2 is 2.00 bits per heavy atom. The SMILES string of the molecule is CC(=O)N1CC2=C(C1=O)[C@@H](c1ccc3c(c1)OCO3)c1cn(C)c3cccc(c13)N2. The van der Waals surface area contributed by atoms with Crippen molar-refractivity contribution in [2.75, 3.05) is 18.7 Å². The number of hydrogen-bond acceptors (Lipinski definition) is 5. The zero-order valence-corrected chi connectivity index (χ0v) is 16.6.